The van der Waals surface area contributed by atoms with Crippen LogP contribution >= 0.6 is 0 Å². The summed E-state index contributed by atoms with van der Waals surface area (Å²) in [6.45, 7) is 11.0. The van der Waals surface area contributed by atoms with Gasteiger partial charge in [0, 0.05) is 40.1 Å². The van der Waals surface area contributed by atoms with Crippen molar-refractivity contribution in [3.8, 4) is 67.3 Å². The Hall–Kier alpha value is -6.71. The van der Waals surface area contributed by atoms with Crippen molar-refractivity contribution in [3.63, 3.8) is 0 Å². The van der Waals surface area contributed by atoms with Crippen molar-refractivity contribution in [1.29, 1.82) is 0 Å². The average Bonchev–Trinajstić information content (AvgIpc) is 3.47. The normalized spacial score (nSPS) is 12.9. The lowest BCUT2D eigenvalue weighted by Crippen LogP contribution is -2.15. The van der Waals surface area contributed by atoms with Crippen molar-refractivity contribution in [2.24, 2.45) is 0 Å². The Kier molecular flexibility index (Phi) is 8.20. The van der Waals surface area contributed by atoms with Crippen LogP contribution in [0.25, 0.3) is 90.2 Å². The van der Waals surface area contributed by atoms with Crippen molar-refractivity contribution < 1.29 is 0 Å². The molecule has 0 radical (unpaired) electrons. The van der Waals surface area contributed by atoms with Crippen LogP contribution in [0.3, 0.4) is 0 Å². The van der Waals surface area contributed by atoms with Crippen LogP contribution < -0.4 is 0 Å². The quantitative estimate of drug-likeness (QED) is 0.167. The number of allylic oxidation sites excluding steroid dienone is 1. The van der Waals surface area contributed by atoms with Crippen LogP contribution in [0.5, 0.6) is 0 Å². The van der Waals surface area contributed by atoms with E-state index in [9.17, 15) is 0 Å². The third kappa shape index (κ3) is 5.48. The molecule has 1 aliphatic rings. The lowest BCUT2D eigenvalue weighted by Gasteiger charge is -2.22. The summed E-state index contributed by atoms with van der Waals surface area (Å²) in [4.78, 5) is 14.8. The summed E-state index contributed by atoms with van der Waals surface area (Å²) in [5, 5.41) is 2.33. The lowest BCUT2D eigenvalue weighted by molar-refractivity contribution is 0.660. The highest BCUT2D eigenvalue weighted by atomic mass is 14.9. The van der Waals surface area contributed by atoms with Gasteiger partial charge in [0.05, 0.1) is 11.4 Å². The molecule has 0 N–H and O–H groups in total. The van der Waals surface area contributed by atoms with Crippen LogP contribution in [0.15, 0.2) is 165 Å². The number of hydrogen-bond donors (Lipinski definition) is 0. The maximum Gasteiger partial charge on any atom is 0.160 e. The molecule has 54 heavy (non-hydrogen) atoms. The summed E-state index contributed by atoms with van der Waals surface area (Å²) in [6.07, 6.45) is 10.0. The van der Waals surface area contributed by atoms with Gasteiger partial charge in [-0.05, 0) is 86.0 Å². The van der Waals surface area contributed by atoms with Crippen LogP contribution in [0, 0.1) is 0 Å². The summed E-state index contributed by atoms with van der Waals surface area (Å²) >= 11 is 0. The largest absolute Gasteiger partial charge is 0.264 e. The molecular weight excluding hydrogens is 655 g/mol. The molecule has 0 atom stereocenters. The predicted molar refractivity (Wildman–Crippen MR) is 227 cm³/mol. The van der Waals surface area contributed by atoms with Gasteiger partial charge in [-0.2, -0.15) is 0 Å². The van der Waals surface area contributed by atoms with E-state index in [2.05, 4.69) is 160 Å². The monoisotopic (exact) mass is 693 g/mol. The van der Waals surface area contributed by atoms with E-state index in [-0.39, 0.29) is 5.41 Å². The van der Waals surface area contributed by atoms with Gasteiger partial charge in [0.25, 0.3) is 0 Å². The van der Waals surface area contributed by atoms with E-state index in [0.717, 1.165) is 50.2 Å². The van der Waals surface area contributed by atoms with Crippen molar-refractivity contribution in [3.05, 3.63) is 187 Å². The highest BCUT2D eigenvalue weighted by molar-refractivity contribution is 6.08. The SMILES string of the molecule is C=Cc1ccc2c(c1/C=C\C)-c1c(-c3ccc(-c4cc(-c5cccc(-c6cccnc6)c5)nc(-c5ccccc5)n4)c4ccccc34)cccc1C2(C)C. The topological polar surface area (TPSA) is 38.7 Å². The van der Waals surface area contributed by atoms with E-state index in [1.165, 1.54) is 44.3 Å². The molecule has 0 aliphatic heterocycles. The van der Waals surface area contributed by atoms with E-state index < -0.39 is 0 Å². The number of benzene rings is 6. The van der Waals surface area contributed by atoms with Crippen molar-refractivity contribution in [2.45, 2.75) is 26.2 Å². The molecule has 6 aromatic carbocycles. The van der Waals surface area contributed by atoms with E-state index >= 15 is 0 Å². The summed E-state index contributed by atoms with van der Waals surface area (Å²) in [6, 6.07) is 49.6. The molecule has 0 bridgehead atoms. The van der Waals surface area contributed by atoms with Crippen molar-refractivity contribution >= 4 is 22.9 Å². The van der Waals surface area contributed by atoms with Gasteiger partial charge in [-0.25, -0.2) is 9.97 Å². The zero-order valence-corrected chi connectivity index (χ0v) is 30.7. The third-order valence-corrected chi connectivity index (χ3v) is 10.9. The number of nitrogens with zero attached hydrogens (tertiary/aromatic N) is 3. The molecule has 0 unspecified atom stereocenters. The molecule has 0 amide bonds. The van der Waals surface area contributed by atoms with Crippen molar-refractivity contribution in [1.82, 2.24) is 15.0 Å². The highest BCUT2D eigenvalue weighted by Crippen LogP contribution is 2.55. The van der Waals surface area contributed by atoms with Crippen LogP contribution in [0.1, 0.15) is 43.0 Å². The Balaban J connectivity index is 1.26. The van der Waals surface area contributed by atoms with Gasteiger partial charge >= 0.3 is 0 Å². The van der Waals surface area contributed by atoms with E-state index in [0.29, 0.717) is 5.82 Å². The molecule has 0 saturated carbocycles. The predicted octanol–water partition coefficient (Wildman–Crippen LogP) is 13.3. The summed E-state index contributed by atoms with van der Waals surface area (Å²) in [7, 11) is 0. The first-order valence-electron chi connectivity index (χ1n) is 18.5. The van der Waals surface area contributed by atoms with Crippen LogP contribution in [-0.2, 0) is 5.41 Å². The number of pyridine rings is 1. The first kappa shape index (κ1) is 33.1. The van der Waals surface area contributed by atoms with E-state index in [1.807, 2.05) is 36.5 Å². The standard InChI is InChI=1S/C51H39N3/c1-5-15-38-33(6-2)25-28-45-48(38)49-43(23-13-24-44(49)51(45,3)4)41-26-27-42(40-22-11-10-21-39(40)41)47-31-46(53-50(54-47)34-16-8-7-9-17-34)36-19-12-18-35(30-36)37-20-14-29-52-32-37/h5-32H,2H2,1,3-4H3/b15-5-. The number of aromatic nitrogens is 3. The molecule has 3 nitrogen and oxygen atoms in total. The molecular formula is C51H39N3. The van der Waals surface area contributed by atoms with Gasteiger partial charge in [0.15, 0.2) is 5.82 Å². The number of rotatable bonds is 7. The van der Waals surface area contributed by atoms with Gasteiger partial charge < -0.3 is 0 Å². The second kappa shape index (κ2) is 13.4. The highest BCUT2D eigenvalue weighted by Gasteiger charge is 2.38. The molecule has 2 heterocycles. The molecule has 0 spiro atoms. The average molecular weight is 694 g/mol. The van der Waals surface area contributed by atoms with Gasteiger partial charge in [-0.15, -0.1) is 0 Å². The fraction of sp³-hybridized carbons (Fsp3) is 0.0784. The number of hydrogen-bond acceptors (Lipinski definition) is 3. The summed E-state index contributed by atoms with van der Waals surface area (Å²) in [5.41, 5.74) is 16.9. The lowest BCUT2D eigenvalue weighted by atomic mass is 9.81. The minimum Gasteiger partial charge on any atom is -0.264 e. The minimum absolute atomic E-state index is 0.147. The molecule has 0 saturated heterocycles. The zero-order chi connectivity index (χ0) is 36.8. The zero-order valence-electron chi connectivity index (χ0n) is 30.7. The number of fused-ring (bicyclic) bond motifs is 4. The third-order valence-electron chi connectivity index (χ3n) is 10.9. The molecule has 9 rings (SSSR count). The Morgan fingerprint density at radius 3 is 2.02 bits per heavy atom. The van der Waals surface area contributed by atoms with Gasteiger partial charge in [0.1, 0.15) is 0 Å². The Morgan fingerprint density at radius 1 is 0.556 bits per heavy atom. The van der Waals surface area contributed by atoms with E-state index in [1.54, 1.807) is 6.20 Å². The molecule has 0 fully saturated rings. The Morgan fingerprint density at radius 2 is 1.24 bits per heavy atom. The van der Waals surface area contributed by atoms with Crippen LogP contribution in [-0.4, -0.2) is 15.0 Å². The maximum absolute atomic E-state index is 5.25. The minimum atomic E-state index is -0.147. The van der Waals surface area contributed by atoms with Crippen molar-refractivity contribution in [2.75, 3.05) is 0 Å². The second-order valence-electron chi connectivity index (χ2n) is 14.4. The Bertz CT molecular complexity index is 2760. The molecule has 8 aromatic rings. The first-order chi connectivity index (χ1) is 26.5. The molecule has 1 aliphatic carbocycles. The molecule has 258 valence electrons. The smallest absolute Gasteiger partial charge is 0.160 e. The first-order valence-corrected chi connectivity index (χ1v) is 18.5. The summed E-state index contributed by atoms with van der Waals surface area (Å²) < 4.78 is 0. The van der Waals surface area contributed by atoms with Gasteiger partial charge in [0.2, 0.25) is 0 Å². The van der Waals surface area contributed by atoms with Crippen LogP contribution in [0.4, 0.5) is 0 Å². The maximum atomic E-state index is 5.25. The van der Waals surface area contributed by atoms with Crippen LogP contribution in [0.2, 0.25) is 0 Å². The van der Waals surface area contributed by atoms with Gasteiger partial charge in [-0.3, -0.25) is 4.98 Å². The Labute approximate surface area is 317 Å². The molecule has 2 aromatic heterocycles. The van der Waals surface area contributed by atoms with E-state index in [4.69, 9.17) is 9.97 Å². The molecule has 3 heteroatoms. The fourth-order valence-electron chi connectivity index (χ4n) is 8.26. The summed E-state index contributed by atoms with van der Waals surface area (Å²) in [5.74, 6) is 0.692. The fourth-order valence-corrected chi connectivity index (χ4v) is 8.26. The second-order valence-corrected chi connectivity index (χ2v) is 14.4. The van der Waals surface area contributed by atoms with Gasteiger partial charge in [-0.1, -0.05) is 160 Å².